The van der Waals surface area contributed by atoms with Crippen LogP contribution >= 0.6 is 0 Å². The van der Waals surface area contributed by atoms with Crippen LogP contribution in [0.25, 0.3) is 22.7 Å². The summed E-state index contributed by atoms with van der Waals surface area (Å²) < 4.78 is 11.0. The number of anilines is 3. The van der Waals surface area contributed by atoms with E-state index in [0.717, 1.165) is 29.8 Å². The molecule has 0 radical (unpaired) electrons. The average molecular weight is 447 g/mol. The SMILES string of the molecule is CCCN(CCO)c1nc(Nc2ccc(-c3cnco3)c(OC)c2)nc(-c2ccccc2)n1. The number of hydrogen-bond acceptors (Lipinski definition) is 9. The molecule has 9 heteroatoms. The summed E-state index contributed by atoms with van der Waals surface area (Å²) in [6.45, 7) is 3.24. The van der Waals surface area contributed by atoms with E-state index in [9.17, 15) is 5.11 Å². The average Bonchev–Trinajstić information content (AvgIpc) is 3.39. The van der Waals surface area contributed by atoms with Crippen LogP contribution in [0.5, 0.6) is 5.75 Å². The highest BCUT2D eigenvalue weighted by Crippen LogP contribution is 2.33. The minimum absolute atomic E-state index is 0.00934. The monoisotopic (exact) mass is 446 g/mol. The van der Waals surface area contributed by atoms with E-state index in [0.29, 0.717) is 35.8 Å². The first-order chi connectivity index (χ1) is 16.2. The van der Waals surface area contributed by atoms with E-state index in [1.54, 1.807) is 13.3 Å². The summed E-state index contributed by atoms with van der Waals surface area (Å²) in [6, 6.07) is 15.4. The summed E-state index contributed by atoms with van der Waals surface area (Å²) in [7, 11) is 1.60. The van der Waals surface area contributed by atoms with E-state index >= 15 is 0 Å². The maximum atomic E-state index is 9.52. The first-order valence-electron chi connectivity index (χ1n) is 10.7. The fourth-order valence-corrected chi connectivity index (χ4v) is 3.43. The Balaban J connectivity index is 1.71. The summed E-state index contributed by atoms with van der Waals surface area (Å²) in [6.07, 6.45) is 3.92. The lowest BCUT2D eigenvalue weighted by molar-refractivity contribution is 0.301. The minimum atomic E-state index is 0.00934. The summed E-state index contributed by atoms with van der Waals surface area (Å²) in [5.74, 6) is 2.70. The molecule has 2 aromatic heterocycles. The highest BCUT2D eigenvalue weighted by Gasteiger charge is 2.15. The Morgan fingerprint density at radius 2 is 1.91 bits per heavy atom. The molecule has 0 amide bonds. The first kappa shape index (κ1) is 22.2. The molecular weight excluding hydrogens is 420 g/mol. The molecule has 0 bridgehead atoms. The molecule has 0 saturated heterocycles. The third-order valence-corrected chi connectivity index (χ3v) is 4.96. The Kier molecular flexibility index (Phi) is 7.11. The molecule has 4 rings (SSSR count). The molecule has 0 spiro atoms. The van der Waals surface area contributed by atoms with Crippen LogP contribution in [0.4, 0.5) is 17.6 Å². The standard InChI is InChI=1S/C24H26N6O3/c1-3-11-30(12-13-31)24-28-22(17-7-5-4-6-8-17)27-23(29-24)26-18-9-10-19(20(14-18)32-2)21-15-25-16-33-21/h4-10,14-16,31H,3,11-13H2,1-2H3,(H,26,27,28,29). The molecule has 0 atom stereocenters. The molecule has 9 nitrogen and oxygen atoms in total. The Morgan fingerprint density at radius 3 is 2.61 bits per heavy atom. The quantitative estimate of drug-likeness (QED) is 0.371. The summed E-state index contributed by atoms with van der Waals surface area (Å²) in [5.41, 5.74) is 2.41. The van der Waals surface area contributed by atoms with Gasteiger partial charge in [-0.25, -0.2) is 4.98 Å². The van der Waals surface area contributed by atoms with Gasteiger partial charge in [0.2, 0.25) is 11.9 Å². The zero-order chi connectivity index (χ0) is 23.0. The van der Waals surface area contributed by atoms with Crippen molar-refractivity contribution in [3.05, 3.63) is 61.1 Å². The van der Waals surface area contributed by atoms with Crippen LogP contribution in [-0.4, -0.2) is 51.8 Å². The zero-order valence-corrected chi connectivity index (χ0v) is 18.6. The lowest BCUT2D eigenvalue weighted by Crippen LogP contribution is -2.29. The lowest BCUT2D eigenvalue weighted by Gasteiger charge is -2.22. The van der Waals surface area contributed by atoms with Crippen LogP contribution in [0.15, 0.2) is 65.5 Å². The fraction of sp³-hybridized carbons (Fsp3) is 0.250. The summed E-state index contributed by atoms with van der Waals surface area (Å²) in [5, 5.41) is 12.8. The smallest absolute Gasteiger partial charge is 0.232 e. The number of aromatic nitrogens is 4. The van der Waals surface area contributed by atoms with E-state index < -0.39 is 0 Å². The number of oxazole rings is 1. The number of aliphatic hydroxyl groups excluding tert-OH is 1. The predicted octanol–water partition coefficient (Wildman–Crippen LogP) is 4.15. The molecule has 2 aromatic carbocycles. The number of rotatable bonds is 10. The van der Waals surface area contributed by atoms with Gasteiger partial charge in [0.15, 0.2) is 18.0 Å². The van der Waals surface area contributed by atoms with Crippen molar-refractivity contribution in [2.24, 2.45) is 0 Å². The summed E-state index contributed by atoms with van der Waals surface area (Å²) in [4.78, 5) is 19.9. The molecule has 0 saturated carbocycles. The summed E-state index contributed by atoms with van der Waals surface area (Å²) >= 11 is 0. The van der Waals surface area contributed by atoms with Crippen LogP contribution in [0.2, 0.25) is 0 Å². The fourth-order valence-electron chi connectivity index (χ4n) is 3.43. The van der Waals surface area contributed by atoms with Crippen LogP contribution in [-0.2, 0) is 0 Å². The Bertz CT molecular complexity index is 1160. The first-order valence-corrected chi connectivity index (χ1v) is 10.7. The van der Waals surface area contributed by atoms with Gasteiger partial charge in [-0.3, -0.25) is 0 Å². The molecule has 0 aliphatic rings. The van der Waals surface area contributed by atoms with E-state index in [1.807, 2.05) is 53.4 Å². The van der Waals surface area contributed by atoms with Crippen LogP contribution in [0.3, 0.4) is 0 Å². The highest BCUT2D eigenvalue weighted by atomic mass is 16.5. The number of benzene rings is 2. The lowest BCUT2D eigenvalue weighted by atomic mass is 10.1. The van der Waals surface area contributed by atoms with Crippen LogP contribution < -0.4 is 15.0 Å². The largest absolute Gasteiger partial charge is 0.496 e. The van der Waals surface area contributed by atoms with Gasteiger partial charge >= 0.3 is 0 Å². The number of methoxy groups -OCH3 is 1. The van der Waals surface area contributed by atoms with E-state index in [1.165, 1.54) is 6.39 Å². The van der Waals surface area contributed by atoms with Gasteiger partial charge in [0.25, 0.3) is 0 Å². The number of ether oxygens (including phenoxy) is 1. The normalized spacial score (nSPS) is 10.8. The van der Waals surface area contributed by atoms with Gasteiger partial charge in [-0.15, -0.1) is 0 Å². The van der Waals surface area contributed by atoms with Crippen molar-refractivity contribution in [2.75, 3.05) is 37.0 Å². The second-order valence-electron chi connectivity index (χ2n) is 7.27. The number of hydrogen-bond donors (Lipinski definition) is 2. The molecule has 2 heterocycles. The van der Waals surface area contributed by atoms with Gasteiger partial charge in [0, 0.05) is 30.4 Å². The second kappa shape index (κ2) is 10.6. The molecule has 0 aliphatic carbocycles. The van der Waals surface area contributed by atoms with Crippen molar-refractivity contribution >= 4 is 17.6 Å². The third kappa shape index (κ3) is 5.27. The molecular formula is C24H26N6O3. The van der Waals surface area contributed by atoms with Gasteiger partial charge in [-0.05, 0) is 18.6 Å². The van der Waals surface area contributed by atoms with Gasteiger partial charge in [0.1, 0.15) is 5.75 Å². The highest BCUT2D eigenvalue weighted by molar-refractivity contribution is 5.71. The molecule has 0 unspecified atom stereocenters. The van der Waals surface area contributed by atoms with Crippen LogP contribution in [0.1, 0.15) is 13.3 Å². The third-order valence-electron chi connectivity index (χ3n) is 4.96. The van der Waals surface area contributed by atoms with Gasteiger partial charge in [-0.2, -0.15) is 15.0 Å². The molecule has 170 valence electrons. The van der Waals surface area contributed by atoms with Crippen molar-refractivity contribution in [1.82, 2.24) is 19.9 Å². The van der Waals surface area contributed by atoms with Gasteiger partial charge in [0.05, 0.1) is 25.5 Å². The molecule has 33 heavy (non-hydrogen) atoms. The second-order valence-corrected chi connectivity index (χ2v) is 7.27. The topological polar surface area (TPSA) is 109 Å². The van der Waals surface area contributed by atoms with Crippen molar-refractivity contribution in [3.63, 3.8) is 0 Å². The number of nitrogens with zero attached hydrogens (tertiary/aromatic N) is 5. The van der Waals surface area contributed by atoms with Gasteiger partial charge < -0.3 is 24.5 Å². The Hall–Kier alpha value is -3.98. The van der Waals surface area contributed by atoms with E-state index in [2.05, 4.69) is 32.2 Å². The molecule has 0 aliphatic heterocycles. The van der Waals surface area contributed by atoms with Gasteiger partial charge in [-0.1, -0.05) is 37.3 Å². The maximum absolute atomic E-state index is 9.52. The van der Waals surface area contributed by atoms with Crippen LogP contribution in [0, 0.1) is 0 Å². The molecule has 0 fully saturated rings. The predicted molar refractivity (Wildman–Crippen MR) is 127 cm³/mol. The van der Waals surface area contributed by atoms with Crippen molar-refractivity contribution in [3.8, 4) is 28.5 Å². The van der Waals surface area contributed by atoms with E-state index in [-0.39, 0.29) is 6.61 Å². The van der Waals surface area contributed by atoms with Crippen molar-refractivity contribution in [1.29, 1.82) is 0 Å². The maximum Gasteiger partial charge on any atom is 0.232 e. The van der Waals surface area contributed by atoms with E-state index in [4.69, 9.17) is 9.15 Å². The minimum Gasteiger partial charge on any atom is -0.496 e. The molecule has 4 aromatic rings. The number of nitrogens with one attached hydrogen (secondary N) is 1. The molecule has 2 N–H and O–H groups in total. The Labute approximate surface area is 192 Å². The Morgan fingerprint density at radius 1 is 1.06 bits per heavy atom. The van der Waals surface area contributed by atoms with Crippen molar-refractivity contribution < 1.29 is 14.3 Å². The zero-order valence-electron chi connectivity index (χ0n) is 18.6. The number of aliphatic hydroxyl groups is 1. The van der Waals surface area contributed by atoms with Crippen molar-refractivity contribution in [2.45, 2.75) is 13.3 Å².